The van der Waals surface area contributed by atoms with Crippen molar-refractivity contribution in [2.75, 3.05) is 7.11 Å². The molecule has 1 aliphatic rings. The summed E-state index contributed by atoms with van der Waals surface area (Å²) in [6, 6.07) is 5.98. The largest absolute Gasteiger partial charge is 0.497 e. The summed E-state index contributed by atoms with van der Waals surface area (Å²) < 4.78 is 5.20. The van der Waals surface area contributed by atoms with E-state index in [4.69, 9.17) is 9.94 Å². The van der Waals surface area contributed by atoms with Crippen molar-refractivity contribution in [2.45, 2.75) is 32.1 Å². The molecule has 3 heteroatoms. The molecule has 0 spiro atoms. The number of benzene rings is 1. The van der Waals surface area contributed by atoms with Crippen LogP contribution in [0.2, 0.25) is 0 Å². The monoisotopic (exact) mass is 219 g/mol. The standard InChI is InChI=1S/C13H17NO2/c1-13(2)7-6-12(14-15)10-8-9(16-3)4-5-11(10)13/h4-5,8,15H,6-7H2,1-3H3/b14-12+. The Balaban J connectivity index is 2.60. The van der Waals surface area contributed by atoms with Crippen molar-refractivity contribution < 1.29 is 9.94 Å². The van der Waals surface area contributed by atoms with Gasteiger partial charge in [0, 0.05) is 5.56 Å². The van der Waals surface area contributed by atoms with Crippen molar-refractivity contribution in [2.24, 2.45) is 5.16 Å². The predicted octanol–water partition coefficient (Wildman–Crippen LogP) is 2.94. The van der Waals surface area contributed by atoms with Crippen LogP contribution >= 0.6 is 0 Å². The van der Waals surface area contributed by atoms with E-state index >= 15 is 0 Å². The molecule has 0 bridgehead atoms. The second-order valence-corrected chi connectivity index (χ2v) is 4.84. The van der Waals surface area contributed by atoms with E-state index in [-0.39, 0.29) is 5.41 Å². The van der Waals surface area contributed by atoms with Gasteiger partial charge >= 0.3 is 0 Å². The summed E-state index contributed by atoms with van der Waals surface area (Å²) in [5, 5.41) is 12.4. The SMILES string of the molecule is COc1ccc2c(c1)/C(=N/O)CCC2(C)C. The quantitative estimate of drug-likeness (QED) is 0.583. The molecule has 0 radical (unpaired) electrons. The molecule has 0 atom stereocenters. The Morgan fingerprint density at radius 1 is 1.38 bits per heavy atom. The molecule has 0 aromatic heterocycles. The summed E-state index contributed by atoms with van der Waals surface area (Å²) in [6.07, 6.45) is 1.81. The fourth-order valence-electron chi connectivity index (χ4n) is 2.28. The highest BCUT2D eigenvalue weighted by Gasteiger charge is 2.30. The van der Waals surface area contributed by atoms with E-state index in [1.54, 1.807) is 7.11 Å². The molecule has 0 fully saturated rings. The Bertz CT molecular complexity index is 436. The second kappa shape index (κ2) is 3.81. The minimum absolute atomic E-state index is 0.135. The van der Waals surface area contributed by atoms with Gasteiger partial charge < -0.3 is 9.94 Å². The lowest BCUT2D eigenvalue weighted by molar-refractivity contribution is 0.315. The second-order valence-electron chi connectivity index (χ2n) is 4.84. The zero-order valence-electron chi connectivity index (χ0n) is 9.95. The normalized spacial score (nSPS) is 20.6. The number of fused-ring (bicyclic) bond motifs is 1. The third kappa shape index (κ3) is 1.66. The zero-order valence-corrected chi connectivity index (χ0v) is 9.95. The number of hydrogen-bond donors (Lipinski definition) is 1. The minimum Gasteiger partial charge on any atom is -0.497 e. The Kier molecular flexibility index (Phi) is 2.62. The van der Waals surface area contributed by atoms with Crippen LogP contribution < -0.4 is 4.74 Å². The average molecular weight is 219 g/mol. The smallest absolute Gasteiger partial charge is 0.119 e. The van der Waals surface area contributed by atoms with Gasteiger partial charge in [0.05, 0.1) is 12.8 Å². The van der Waals surface area contributed by atoms with E-state index < -0.39 is 0 Å². The summed E-state index contributed by atoms with van der Waals surface area (Å²) in [7, 11) is 1.64. The number of ether oxygens (including phenoxy) is 1. The van der Waals surface area contributed by atoms with Crippen molar-refractivity contribution in [1.29, 1.82) is 0 Å². The highest BCUT2D eigenvalue weighted by Crippen LogP contribution is 2.38. The van der Waals surface area contributed by atoms with Crippen LogP contribution in [0.1, 0.15) is 37.8 Å². The highest BCUT2D eigenvalue weighted by atomic mass is 16.5. The number of oxime groups is 1. The topological polar surface area (TPSA) is 41.8 Å². The van der Waals surface area contributed by atoms with Gasteiger partial charge in [0.15, 0.2) is 0 Å². The van der Waals surface area contributed by atoms with Gasteiger partial charge in [-0.3, -0.25) is 0 Å². The first-order valence-corrected chi connectivity index (χ1v) is 5.48. The number of methoxy groups -OCH3 is 1. The van der Waals surface area contributed by atoms with Crippen molar-refractivity contribution in [3.05, 3.63) is 29.3 Å². The first kappa shape index (κ1) is 11.0. The molecule has 0 heterocycles. The summed E-state index contributed by atoms with van der Waals surface area (Å²) >= 11 is 0. The lowest BCUT2D eigenvalue weighted by atomic mass is 9.72. The van der Waals surface area contributed by atoms with Crippen molar-refractivity contribution in [3.8, 4) is 5.75 Å². The number of nitrogens with zero attached hydrogens (tertiary/aromatic N) is 1. The highest BCUT2D eigenvalue weighted by molar-refractivity contribution is 6.03. The lowest BCUT2D eigenvalue weighted by Crippen LogP contribution is -2.27. The van der Waals surface area contributed by atoms with E-state index in [2.05, 4.69) is 25.1 Å². The molecule has 1 aromatic carbocycles. The Labute approximate surface area is 95.7 Å². The van der Waals surface area contributed by atoms with Crippen molar-refractivity contribution in [1.82, 2.24) is 0 Å². The molecule has 1 N–H and O–H groups in total. The van der Waals surface area contributed by atoms with Crippen LogP contribution in [-0.2, 0) is 5.41 Å². The summed E-state index contributed by atoms with van der Waals surface area (Å²) in [5.74, 6) is 0.803. The first-order chi connectivity index (χ1) is 7.58. The molecular formula is C13H17NO2. The summed E-state index contributed by atoms with van der Waals surface area (Å²) in [4.78, 5) is 0. The van der Waals surface area contributed by atoms with Crippen molar-refractivity contribution in [3.63, 3.8) is 0 Å². The van der Waals surface area contributed by atoms with Crippen molar-refractivity contribution >= 4 is 5.71 Å². The maximum absolute atomic E-state index is 9.02. The summed E-state index contributed by atoms with van der Waals surface area (Å²) in [5.41, 5.74) is 3.13. The van der Waals surface area contributed by atoms with Crippen LogP contribution in [-0.4, -0.2) is 18.0 Å². The lowest BCUT2D eigenvalue weighted by Gasteiger charge is -2.32. The third-order valence-corrected chi connectivity index (χ3v) is 3.37. The minimum atomic E-state index is 0.135. The zero-order chi connectivity index (χ0) is 11.8. The molecule has 86 valence electrons. The predicted molar refractivity (Wildman–Crippen MR) is 63.6 cm³/mol. The van der Waals surface area contributed by atoms with Crippen LogP contribution in [0.25, 0.3) is 0 Å². The maximum atomic E-state index is 9.02. The van der Waals surface area contributed by atoms with Crippen LogP contribution in [0.4, 0.5) is 0 Å². The fourth-order valence-corrected chi connectivity index (χ4v) is 2.28. The molecule has 0 amide bonds. The van der Waals surface area contributed by atoms with Gasteiger partial charge in [-0.2, -0.15) is 0 Å². The van der Waals surface area contributed by atoms with E-state index in [1.807, 2.05) is 12.1 Å². The van der Waals surface area contributed by atoms with Gasteiger partial charge in [-0.05, 0) is 36.0 Å². The summed E-state index contributed by atoms with van der Waals surface area (Å²) in [6.45, 7) is 4.43. The van der Waals surface area contributed by atoms with Gasteiger partial charge in [-0.1, -0.05) is 25.1 Å². The molecule has 0 unspecified atom stereocenters. The Hall–Kier alpha value is -1.51. The number of hydrogen-bond acceptors (Lipinski definition) is 3. The van der Waals surface area contributed by atoms with Crippen LogP contribution in [0.5, 0.6) is 5.75 Å². The van der Waals surface area contributed by atoms with Crippen LogP contribution in [0.3, 0.4) is 0 Å². The fraction of sp³-hybridized carbons (Fsp3) is 0.462. The maximum Gasteiger partial charge on any atom is 0.119 e. The van der Waals surface area contributed by atoms with Gasteiger partial charge in [-0.15, -0.1) is 0 Å². The van der Waals surface area contributed by atoms with Gasteiger partial charge in [-0.25, -0.2) is 0 Å². The third-order valence-electron chi connectivity index (χ3n) is 3.37. The molecule has 0 aliphatic heterocycles. The van der Waals surface area contributed by atoms with E-state index in [9.17, 15) is 0 Å². The molecule has 0 saturated carbocycles. The number of rotatable bonds is 1. The molecule has 3 nitrogen and oxygen atoms in total. The Morgan fingerprint density at radius 3 is 2.75 bits per heavy atom. The van der Waals surface area contributed by atoms with E-state index in [1.165, 1.54) is 5.56 Å². The van der Waals surface area contributed by atoms with Gasteiger partial charge in [0.1, 0.15) is 5.75 Å². The van der Waals surface area contributed by atoms with E-state index in [0.29, 0.717) is 0 Å². The van der Waals surface area contributed by atoms with Gasteiger partial charge in [0.25, 0.3) is 0 Å². The molecule has 16 heavy (non-hydrogen) atoms. The molecule has 0 saturated heterocycles. The molecule has 1 aromatic rings. The van der Waals surface area contributed by atoms with Crippen LogP contribution in [0, 0.1) is 0 Å². The van der Waals surface area contributed by atoms with E-state index in [0.717, 1.165) is 29.9 Å². The molecular weight excluding hydrogens is 202 g/mol. The molecule has 2 rings (SSSR count). The average Bonchev–Trinajstić information content (AvgIpc) is 2.28. The van der Waals surface area contributed by atoms with Crippen LogP contribution in [0.15, 0.2) is 23.4 Å². The molecule has 1 aliphatic carbocycles. The Morgan fingerprint density at radius 2 is 2.12 bits per heavy atom. The van der Waals surface area contributed by atoms with Gasteiger partial charge in [0.2, 0.25) is 0 Å². The first-order valence-electron chi connectivity index (χ1n) is 5.48.